The summed E-state index contributed by atoms with van der Waals surface area (Å²) in [4.78, 5) is 33.6. The first-order valence-electron chi connectivity index (χ1n) is 7.91. The number of carbonyl (C=O) groups is 2. The Balaban J connectivity index is 2.29. The van der Waals surface area contributed by atoms with Crippen molar-refractivity contribution in [3.8, 4) is 0 Å². The number of hydrogen-bond acceptors (Lipinski definition) is 5. The standard InChI is InChI=1S/C19H17N3O5/c20-17(19(24)25)12-14(18(23)21-15-4-2-1-3-5-15)9-6-13-7-10-16(11-8-13)22(26)27/h1-8,10-11,17H,12,20H2,(H,21,23)(H,24,25). The predicted octanol–water partition coefficient (Wildman–Crippen LogP) is 2.57. The van der Waals surface area contributed by atoms with Gasteiger partial charge in [-0.15, -0.1) is 5.73 Å². The molecule has 1 atom stereocenters. The molecule has 0 aliphatic heterocycles. The van der Waals surface area contributed by atoms with Gasteiger partial charge in [0.05, 0.1) is 10.5 Å². The van der Waals surface area contributed by atoms with E-state index in [2.05, 4.69) is 11.0 Å². The quantitative estimate of drug-likeness (QED) is 0.298. The van der Waals surface area contributed by atoms with Gasteiger partial charge in [0.1, 0.15) is 6.04 Å². The number of rotatable bonds is 7. The lowest BCUT2D eigenvalue weighted by Gasteiger charge is -2.09. The Kier molecular flexibility index (Phi) is 6.60. The van der Waals surface area contributed by atoms with E-state index in [1.807, 2.05) is 0 Å². The van der Waals surface area contributed by atoms with Crippen molar-refractivity contribution >= 4 is 29.3 Å². The number of para-hydroxylation sites is 1. The molecule has 0 aliphatic rings. The van der Waals surface area contributed by atoms with E-state index in [0.717, 1.165) is 0 Å². The summed E-state index contributed by atoms with van der Waals surface area (Å²) in [6.45, 7) is 0. The molecule has 0 bridgehead atoms. The van der Waals surface area contributed by atoms with Crippen LogP contribution in [0.5, 0.6) is 0 Å². The summed E-state index contributed by atoms with van der Waals surface area (Å²) < 4.78 is 0. The van der Waals surface area contributed by atoms with Crippen LogP contribution in [-0.2, 0) is 9.59 Å². The first kappa shape index (κ1) is 19.6. The molecule has 8 heteroatoms. The monoisotopic (exact) mass is 367 g/mol. The van der Waals surface area contributed by atoms with Crippen LogP contribution < -0.4 is 11.1 Å². The molecular weight excluding hydrogens is 350 g/mol. The highest BCUT2D eigenvalue weighted by molar-refractivity contribution is 6.04. The van der Waals surface area contributed by atoms with Gasteiger partial charge in [-0.3, -0.25) is 19.7 Å². The van der Waals surface area contributed by atoms with E-state index in [1.54, 1.807) is 30.3 Å². The lowest BCUT2D eigenvalue weighted by atomic mass is 10.1. The third-order valence-electron chi connectivity index (χ3n) is 3.56. The second kappa shape index (κ2) is 9.10. The van der Waals surface area contributed by atoms with Crippen molar-refractivity contribution in [2.24, 2.45) is 5.73 Å². The Morgan fingerprint density at radius 3 is 2.37 bits per heavy atom. The second-order valence-electron chi connectivity index (χ2n) is 5.58. The third kappa shape index (κ3) is 5.93. The molecule has 0 aromatic heterocycles. The Hall–Kier alpha value is -3.74. The topological polar surface area (TPSA) is 136 Å². The van der Waals surface area contributed by atoms with Crippen LogP contribution in [0.3, 0.4) is 0 Å². The van der Waals surface area contributed by atoms with Gasteiger partial charge in [0.25, 0.3) is 11.6 Å². The number of carbonyl (C=O) groups excluding carboxylic acids is 1. The van der Waals surface area contributed by atoms with Crippen molar-refractivity contribution in [3.05, 3.63) is 81.6 Å². The summed E-state index contributed by atoms with van der Waals surface area (Å²) in [5.41, 5.74) is 9.39. The maximum absolute atomic E-state index is 12.5. The lowest BCUT2D eigenvalue weighted by Crippen LogP contribution is -2.32. The van der Waals surface area contributed by atoms with Gasteiger partial charge < -0.3 is 16.2 Å². The number of carboxylic acids is 1. The van der Waals surface area contributed by atoms with Crippen LogP contribution in [0.25, 0.3) is 6.08 Å². The van der Waals surface area contributed by atoms with E-state index < -0.39 is 22.8 Å². The highest BCUT2D eigenvalue weighted by Crippen LogP contribution is 2.14. The molecule has 0 heterocycles. The van der Waals surface area contributed by atoms with E-state index in [4.69, 9.17) is 10.8 Å². The van der Waals surface area contributed by atoms with E-state index in [9.17, 15) is 19.7 Å². The van der Waals surface area contributed by atoms with Crippen LogP contribution in [0.4, 0.5) is 11.4 Å². The molecule has 4 N–H and O–H groups in total. The largest absolute Gasteiger partial charge is 0.480 e. The van der Waals surface area contributed by atoms with Gasteiger partial charge in [-0.25, -0.2) is 0 Å². The van der Waals surface area contributed by atoms with Crippen LogP contribution in [0.1, 0.15) is 12.0 Å². The molecule has 0 aliphatic carbocycles. The fraction of sp³-hybridized carbons (Fsp3) is 0.105. The van der Waals surface area contributed by atoms with Crippen LogP contribution in [0, 0.1) is 10.1 Å². The fourth-order valence-corrected chi connectivity index (χ4v) is 2.12. The van der Waals surface area contributed by atoms with Crippen LogP contribution in [-0.4, -0.2) is 27.9 Å². The molecular formula is C19H17N3O5. The minimum absolute atomic E-state index is 0.0482. The van der Waals surface area contributed by atoms with E-state index >= 15 is 0 Å². The number of amides is 1. The van der Waals surface area contributed by atoms with Gasteiger partial charge in [-0.2, -0.15) is 0 Å². The van der Waals surface area contributed by atoms with Crippen molar-refractivity contribution in [3.63, 3.8) is 0 Å². The van der Waals surface area contributed by atoms with Crippen molar-refractivity contribution in [2.75, 3.05) is 5.32 Å². The van der Waals surface area contributed by atoms with E-state index in [0.29, 0.717) is 11.3 Å². The molecule has 27 heavy (non-hydrogen) atoms. The number of hydrogen-bond donors (Lipinski definition) is 3. The number of aliphatic carboxylic acids is 1. The van der Waals surface area contributed by atoms with Crippen molar-refractivity contribution in [2.45, 2.75) is 12.5 Å². The number of nitro groups is 1. The van der Waals surface area contributed by atoms with Crippen LogP contribution >= 0.6 is 0 Å². The molecule has 2 rings (SSSR count). The number of nitrogens with two attached hydrogens (primary N) is 1. The minimum atomic E-state index is -1.26. The number of benzene rings is 2. The number of nitro benzene ring substituents is 1. The highest BCUT2D eigenvalue weighted by atomic mass is 16.6. The summed E-state index contributed by atoms with van der Waals surface area (Å²) in [7, 11) is 0. The normalized spacial score (nSPS) is 11.0. The zero-order valence-corrected chi connectivity index (χ0v) is 14.2. The summed E-state index contributed by atoms with van der Waals surface area (Å²) >= 11 is 0. The number of nitrogens with one attached hydrogen (secondary N) is 1. The van der Waals surface area contributed by atoms with Gasteiger partial charge >= 0.3 is 5.97 Å². The summed E-state index contributed by atoms with van der Waals surface area (Å²) in [5, 5.41) is 22.3. The second-order valence-corrected chi connectivity index (χ2v) is 5.58. The number of non-ortho nitro benzene ring substituents is 1. The molecule has 0 saturated carbocycles. The number of carboxylic acid groups (broad SMARTS) is 1. The van der Waals surface area contributed by atoms with Crippen LogP contribution in [0.15, 0.2) is 65.9 Å². The molecule has 8 nitrogen and oxygen atoms in total. The average Bonchev–Trinajstić information content (AvgIpc) is 2.65. The molecule has 2 aromatic carbocycles. The van der Waals surface area contributed by atoms with Crippen LogP contribution in [0.2, 0.25) is 0 Å². The SMILES string of the molecule is NC(CC(=C=Cc1ccc([N+](=O)[O-])cc1)C(=O)Nc1ccccc1)C(=O)O. The van der Waals surface area contributed by atoms with Crippen molar-refractivity contribution in [1.29, 1.82) is 0 Å². The summed E-state index contributed by atoms with van der Waals surface area (Å²) in [6.07, 6.45) is 1.22. The molecule has 138 valence electrons. The molecule has 0 radical (unpaired) electrons. The maximum Gasteiger partial charge on any atom is 0.320 e. The van der Waals surface area contributed by atoms with E-state index in [-0.39, 0.29) is 17.7 Å². The summed E-state index contributed by atoms with van der Waals surface area (Å²) in [6, 6.07) is 13.0. The molecule has 0 fully saturated rings. The van der Waals surface area contributed by atoms with Gasteiger partial charge in [0, 0.05) is 24.2 Å². The zero-order valence-electron chi connectivity index (χ0n) is 14.2. The zero-order chi connectivity index (χ0) is 19.8. The van der Waals surface area contributed by atoms with Crippen molar-refractivity contribution in [1.82, 2.24) is 0 Å². The first-order chi connectivity index (χ1) is 12.9. The molecule has 0 saturated heterocycles. The number of anilines is 1. The average molecular weight is 367 g/mol. The van der Waals surface area contributed by atoms with Gasteiger partial charge in [0.15, 0.2) is 0 Å². The van der Waals surface area contributed by atoms with Crippen molar-refractivity contribution < 1.29 is 19.6 Å². The van der Waals surface area contributed by atoms with Gasteiger partial charge in [0.2, 0.25) is 0 Å². The van der Waals surface area contributed by atoms with E-state index in [1.165, 1.54) is 30.3 Å². The third-order valence-corrected chi connectivity index (χ3v) is 3.56. The lowest BCUT2D eigenvalue weighted by molar-refractivity contribution is -0.384. The molecule has 1 unspecified atom stereocenters. The fourth-order valence-electron chi connectivity index (χ4n) is 2.12. The smallest absolute Gasteiger partial charge is 0.320 e. The molecule has 0 spiro atoms. The molecule has 1 amide bonds. The molecule has 2 aromatic rings. The highest BCUT2D eigenvalue weighted by Gasteiger charge is 2.18. The minimum Gasteiger partial charge on any atom is -0.480 e. The Morgan fingerprint density at radius 2 is 1.81 bits per heavy atom. The van der Waals surface area contributed by atoms with Gasteiger partial charge in [-0.05, 0) is 35.9 Å². The Morgan fingerprint density at radius 1 is 1.19 bits per heavy atom. The first-order valence-corrected chi connectivity index (χ1v) is 7.91. The Bertz CT molecular complexity index is 901. The summed E-state index contributed by atoms with van der Waals surface area (Å²) in [5.74, 6) is -1.77. The number of nitrogens with zero attached hydrogens (tertiary/aromatic N) is 1. The Labute approximate surface area is 154 Å². The maximum atomic E-state index is 12.5. The predicted molar refractivity (Wildman–Crippen MR) is 99.9 cm³/mol. The van der Waals surface area contributed by atoms with Gasteiger partial charge in [-0.1, -0.05) is 18.2 Å².